The monoisotopic (exact) mass is 392 g/mol. The van der Waals surface area contributed by atoms with Crippen LogP contribution in [0.1, 0.15) is 17.9 Å². The Morgan fingerprint density at radius 3 is 2.79 bits per heavy atom. The molecule has 0 fully saturated rings. The Morgan fingerprint density at radius 1 is 1.21 bits per heavy atom. The zero-order valence-electron chi connectivity index (χ0n) is 15.5. The molecule has 2 heterocycles. The molecular weight excluding hydrogens is 375 g/mol. The molecule has 29 heavy (non-hydrogen) atoms. The number of carbonyl (C=O) groups excluding carboxylic acids is 1. The Hall–Kier alpha value is -3.88. The predicted molar refractivity (Wildman–Crippen MR) is 103 cm³/mol. The maximum Gasteiger partial charge on any atom is 0.224 e. The van der Waals surface area contributed by atoms with E-state index in [1.54, 1.807) is 6.20 Å². The number of benzene rings is 2. The number of halogens is 1. The molecule has 0 saturated heterocycles. The maximum absolute atomic E-state index is 14.0. The molecule has 0 aliphatic heterocycles. The molecule has 0 spiro atoms. The van der Waals surface area contributed by atoms with Crippen LogP contribution in [0, 0.1) is 12.7 Å². The number of nitrogens with one attached hydrogen (secondary N) is 1. The maximum atomic E-state index is 14.0. The van der Waals surface area contributed by atoms with Crippen molar-refractivity contribution >= 4 is 11.6 Å². The van der Waals surface area contributed by atoms with Crippen LogP contribution in [0.25, 0.3) is 17.0 Å². The Labute approximate surface area is 165 Å². The minimum absolute atomic E-state index is 0.0516. The fourth-order valence-electron chi connectivity index (χ4n) is 2.74. The quantitative estimate of drug-likeness (QED) is 0.540. The van der Waals surface area contributed by atoms with Crippen molar-refractivity contribution in [2.24, 2.45) is 0 Å². The first-order valence-corrected chi connectivity index (χ1v) is 8.93. The van der Waals surface area contributed by atoms with E-state index in [4.69, 9.17) is 4.42 Å². The van der Waals surface area contributed by atoms with Crippen molar-refractivity contribution in [3.8, 4) is 17.0 Å². The molecule has 0 unspecified atom stereocenters. The van der Waals surface area contributed by atoms with E-state index in [1.807, 2.05) is 31.2 Å². The number of amides is 1. The van der Waals surface area contributed by atoms with E-state index in [0.29, 0.717) is 23.8 Å². The second-order valence-electron chi connectivity index (χ2n) is 6.45. The first-order valence-electron chi connectivity index (χ1n) is 8.93. The highest BCUT2D eigenvalue weighted by Crippen LogP contribution is 2.22. The summed E-state index contributed by atoms with van der Waals surface area (Å²) in [6.07, 6.45) is 3.41. The number of aryl methyl sites for hydroxylation is 2. The second-order valence-corrected chi connectivity index (χ2v) is 6.45. The zero-order valence-corrected chi connectivity index (χ0v) is 15.5. The number of oxazole rings is 1. The van der Waals surface area contributed by atoms with Gasteiger partial charge >= 0.3 is 0 Å². The van der Waals surface area contributed by atoms with Gasteiger partial charge in [-0.25, -0.2) is 14.1 Å². The summed E-state index contributed by atoms with van der Waals surface area (Å²) in [6, 6.07) is 12.1. The average molecular weight is 392 g/mol. The molecule has 4 aromatic rings. The normalized spacial score (nSPS) is 10.8. The molecule has 8 nitrogen and oxygen atoms in total. The van der Waals surface area contributed by atoms with Crippen molar-refractivity contribution in [1.82, 2.24) is 25.2 Å². The smallest absolute Gasteiger partial charge is 0.224 e. The summed E-state index contributed by atoms with van der Waals surface area (Å²) in [7, 11) is 0. The Bertz CT molecular complexity index is 1120. The van der Waals surface area contributed by atoms with Crippen molar-refractivity contribution in [2.45, 2.75) is 19.8 Å². The Morgan fingerprint density at radius 2 is 2.03 bits per heavy atom. The van der Waals surface area contributed by atoms with Crippen LogP contribution in [-0.2, 0) is 11.2 Å². The number of rotatable bonds is 6. The van der Waals surface area contributed by atoms with Crippen molar-refractivity contribution in [2.75, 3.05) is 5.32 Å². The lowest BCUT2D eigenvalue weighted by Gasteiger charge is -2.08. The van der Waals surface area contributed by atoms with E-state index in [1.165, 1.54) is 29.2 Å². The summed E-state index contributed by atoms with van der Waals surface area (Å²) in [4.78, 5) is 16.5. The molecule has 2 aromatic carbocycles. The molecule has 146 valence electrons. The number of nitrogens with zero attached hydrogens (tertiary/aromatic N) is 5. The van der Waals surface area contributed by atoms with Gasteiger partial charge < -0.3 is 9.73 Å². The van der Waals surface area contributed by atoms with Crippen molar-refractivity contribution in [3.05, 3.63) is 72.3 Å². The van der Waals surface area contributed by atoms with Gasteiger partial charge in [-0.15, -0.1) is 5.10 Å². The van der Waals surface area contributed by atoms with Crippen LogP contribution in [0.4, 0.5) is 10.1 Å². The summed E-state index contributed by atoms with van der Waals surface area (Å²) < 4.78 is 21.1. The molecule has 1 amide bonds. The van der Waals surface area contributed by atoms with Gasteiger partial charge in [0.05, 0.1) is 17.6 Å². The van der Waals surface area contributed by atoms with Gasteiger partial charge in [-0.2, -0.15) is 0 Å². The van der Waals surface area contributed by atoms with E-state index < -0.39 is 5.82 Å². The molecule has 9 heteroatoms. The molecule has 2 aromatic heterocycles. The topological polar surface area (TPSA) is 98.7 Å². The highest BCUT2D eigenvalue weighted by Gasteiger charge is 2.12. The summed E-state index contributed by atoms with van der Waals surface area (Å²) >= 11 is 0. The molecular formula is C20H17FN6O2. The van der Waals surface area contributed by atoms with Gasteiger partial charge in [-0.3, -0.25) is 4.79 Å². The summed E-state index contributed by atoms with van der Waals surface area (Å²) in [5.74, 6) is 0.181. The highest BCUT2D eigenvalue weighted by atomic mass is 19.1. The largest absolute Gasteiger partial charge is 0.441 e. The van der Waals surface area contributed by atoms with Crippen LogP contribution in [0.3, 0.4) is 0 Å². The second kappa shape index (κ2) is 8.01. The van der Waals surface area contributed by atoms with Crippen LogP contribution >= 0.6 is 0 Å². The van der Waals surface area contributed by atoms with Crippen LogP contribution in [-0.4, -0.2) is 31.1 Å². The SMILES string of the molecule is Cc1ccc(-c2cnc(CCC(=O)Nc3cc(-n4cnnn4)ccc3F)o2)cc1. The number of anilines is 1. The molecule has 4 rings (SSSR count). The minimum atomic E-state index is -0.548. The third kappa shape index (κ3) is 4.34. The van der Waals surface area contributed by atoms with Gasteiger partial charge in [-0.05, 0) is 35.5 Å². The van der Waals surface area contributed by atoms with Crippen LogP contribution < -0.4 is 5.32 Å². The third-order valence-corrected chi connectivity index (χ3v) is 4.29. The van der Waals surface area contributed by atoms with E-state index in [0.717, 1.165) is 11.1 Å². The summed E-state index contributed by atoms with van der Waals surface area (Å²) in [6.45, 7) is 2.01. The van der Waals surface area contributed by atoms with E-state index in [2.05, 4.69) is 25.8 Å². The number of tetrazole rings is 1. The number of hydrogen-bond acceptors (Lipinski definition) is 6. The van der Waals surface area contributed by atoms with E-state index in [9.17, 15) is 9.18 Å². The summed E-state index contributed by atoms with van der Waals surface area (Å²) in [5.41, 5.74) is 2.65. The first-order chi connectivity index (χ1) is 14.1. The van der Waals surface area contributed by atoms with Crippen LogP contribution in [0.2, 0.25) is 0 Å². The van der Waals surface area contributed by atoms with Gasteiger partial charge in [0.25, 0.3) is 0 Å². The molecule has 0 aliphatic carbocycles. The molecule has 0 saturated carbocycles. The van der Waals surface area contributed by atoms with Crippen LogP contribution in [0.5, 0.6) is 0 Å². The fraction of sp³-hybridized carbons (Fsp3) is 0.150. The highest BCUT2D eigenvalue weighted by molar-refractivity contribution is 5.91. The molecule has 0 bridgehead atoms. The molecule has 1 N–H and O–H groups in total. The Kier molecular flexibility index (Phi) is 5.10. The van der Waals surface area contributed by atoms with Crippen LogP contribution in [0.15, 0.2) is 59.4 Å². The zero-order chi connectivity index (χ0) is 20.2. The molecule has 0 aliphatic rings. The third-order valence-electron chi connectivity index (χ3n) is 4.29. The summed E-state index contributed by atoms with van der Waals surface area (Å²) in [5, 5.41) is 13.4. The number of aromatic nitrogens is 5. The fourth-order valence-corrected chi connectivity index (χ4v) is 2.74. The predicted octanol–water partition coefficient (Wildman–Crippen LogP) is 3.34. The lowest BCUT2D eigenvalue weighted by molar-refractivity contribution is -0.116. The first kappa shape index (κ1) is 18.5. The van der Waals surface area contributed by atoms with E-state index in [-0.39, 0.29) is 18.0 Å². The van der Waals surface area contributed by atoms with Crippen molar-refractivity contribution in [1.29, 1.82) is 0 Å². The lowest BCUT2D eigenvalue weighted by Crippen LogP contribution is -2.14. The van der Waals surface area contributed by atoms with Gasteiger partial charge in [-0.1, -0.05) is 29.8 Å². The van der Waals surface area contributed by atoms with Gasteiger partial charge in [0.15, 0.2) is 11.7 Å². The van der Waals surface area contributed by atoms with E-state index >= 15 is 0 Å². The number of hydrogen-bond donors (Lipinski definition) is 1. The minimum Gasteiger partial charge on any atom is -0.441 e. The lowest BCUT2D eigenvalue weighted by atomic mass is 10.1. The standard InChI is InChI=1S/C20H17FN6O2/c1-13-2-4-14(5-3-13)18-11-22-20(29-18)9-8-19(28)24-17-10-15(6-7-16(17)21)27-12-23-25-26-27/h2-7,10-12H,8-9H2,1H3,(H,24,28). The van der Waals surface area contributed by atoms with Gasteiger partial charge in [0, 0.05) is 18.4 Å². The van der Waals surface area contributed by atoms with Crippen molar-refractivity contribution < 1.29 is 13.6 Å². The average Bonchev–Trinajstić information content (AvgIpc) is 3.41. The van der Waals surface area contributed by atoms with Gasteiger partial charge in [0.2, 0.25) is 5.91 Å². The number of carbonyl (C=O) groups is 1. The van der Waals surface area contributed by atoms with Crippen molar-refractivity contribution in [3.63, 3.8) is 0 Å². The molecule has 0 radical (unpaired) electrons. The molecule has 0 atom stereocenters. The van der Waals surface area contributed by atoms with Gasteiger partial charge in [0.1, 0.15) is 12.1 Å². The Balaban J connectivity index is 1.38.